The lowest BCUT2D eigenvalue weighted by Gasteiger charge is -2.36. The highest BCUT2D eigenvalue weighted by atomic mass is 16.5. The number of anilines is 1. The summed E-state index contributed by atoms with van der Waals surface area (Å²) < 4.78 is 16.5. The van der Waals surface area contributed by atoms with Crippen molar-refractivity contribution in [2.75, 3.05) is 24.7 Å². The summed E-state index contributed by atoms with van der Waals surface area (Å²) >= 11 is 0. The average molecular weight is 369 g/mol. The Morgan fingerprint density at radius 2 is 1.96 bits per heavy atom. The van der Waals surface area contributed by atoms with Gasteiger partial charge in [0.1, 0.15) is 24.7 Å². The van der Waals surface area contributed by atoms with Crippen LogP contribution in [0.2, 0.25) is 0 Å². The Hall–Kier alpha value is -3.15. The number of hydrogen-bond donors (Lipinski definition) is 1. The van der Waals surface area contributed by atoms with Gasteiger partial charge in [-0.25, -0.2) is 4.79 Å². The summed E-state index contributed by atoms with van der Waals surface area (Å²) in [7, 11) is 0. The van der Waals surface area contributed by atoms with Crippen molar-refractivity contribution in [1.29, 1.82) is 0 Å². The molecule has 2 aromatic carbocycles. The van der Waals surface area contributed by atoms with E-state index in [1.165, 1.54) is 5.56 Å². The maximum Gasteiger partial charge on any atom is 0.374 e. The Bertz CT molecular complexity index is 790. The summed E-state index contributed by atoms with van der Waals surface area (Å²) in [6.45, 7) is 3.60. The molecule has 0 fully saturated rings. The molecule has 142 valence electrons. The van der Waals surface area contributed by atoms with Gasteiger partial charge in [0.05, 0.1) is 18.8 Å². The van der Waals surface area contributed by atoms with Crippen LogP contribution in [0, 0.1) is 0 Å². The van der Waals surface area contributed by atoms with Crippen LogP contribution in [0.4, 0.5) is 5.69 Å². The van der Waals surface area contributed by atoms with Crippen molar-refractivity contribution in [2.45, 2.75) is 19.6 Å². The van der Waals surface area contributed by atoms with Gasteiger partial charge in [-0.2, -0.15) is 0 Å². The molecule has 1 aliphatic rings. The summed E-state index contributed by atoms with van der Waals surface area (Å²) in [6, 6.07) is 18.1. The lowest BCUT2D eigenvalue weighted by molar-refractivity contribution is -0.136. The predicted octanol–water partition coefficient (Wildman–Crippen LogP) is 3.43. The third kappa shape index (κ3) is 4.94. The second-order valence-corrected chi connectivity index (χ2v) is 6.13. The Labute approximate surface area is 158 Å². The van der Waals surface area contributed by atoms with E-state index in [4.69, 9.17) is 19.3 Å². The molecule has 27 heavy (non-hydrogen) atoms. The molecule has 3 rings (SSSR count). The molecule has 6 nitrogen and oxygen atoms in total. The van der Waals surface area contributed by atoms with Crippen molar-refractivity contribution >= 4 is 11.7 Å². The summed E-state index contributed by atoms with van der Waals surface area (Å²) in [5.74, 6) is -0.576. The lowest BCUT2D eigenvalue weighted by atomic mass is 10.1. The first-order valence-corrected chi connectivity index (χ1v) is 8.89. The van der Waals surface area contributed by atoms with Crippen LogP contribution in [-0.2, 0) is 20.8 Å². The molecule has 1 aliphatic heterocycles. The van der Waals surface area contributed by atoms with Crippen molar-refractivity contribution < 1.29 is 24.1 Å². The monoisotopic (exact) mass is 369 g/mol. The van der Waals surface area contributed by atoms with Crippen LogP contribution in [0.5, 0.6) is 5.75 Å². The number of benzene rings is 2. The highest BCUT2D eigenvalue weighted by molar-refractivity contribution is 5.83. The van der Waals surface area contributed by atoms with Crippen LogP contribution in [0.15, 0.2) is 66.6 Å². The molecule has 0 saturated heterocycles. The fourth-order valence-corrected chi connectivity index (χ4v) is 2.95. The van der Waals surface area contributed by atoms with Crippen LogP contribution >= 0.6 is 0 Å². The van der Waals surface area contributed by atoms with E-state index in [0.717, 1.165) is 24.2 Å². The van der Waals surface area contributed by atoms with Gasteiger partial charge in [0.25, 0.3) is 0 Å². The van der Waals surface area contributed by atoms with E-state index in [2.05, 4.69) is 17.0 Å². The number of carbonyl (C=O) groups is 1. The van der Waals surface area contributed by atoms with Gasteiger partial charge in [0, 0.05) is 6.54 Å². The van der Waals surface area contributed by atoms with Crippen molar-refractivity contribution in [1.82, 2.24) is 0 Å². The molecule has 2 aromatic rings. The number of aliphatic carboxylic acids is 1. The molecule has 0 amide bonds. The molecule has 0 aromatic heterocycles. The molecular formula is C21H23NO5. The molecule has 0 saturated carbocycles. The highest BCUT2D eigenvalue weighted by Crippen LogP contribution is 2.34. The van der Waals surface area contributed by atoms with Gasteiger partial charge in [-0.05, 0) is 24.6 Å². The Morgan fingerprint density at radius 1 is 1.22 bits per heavy atom. The maximum absolute atomic E-state index is 11.1. The van der Waals surface area contributed by atoms with Crippen molar-refractivity contribution in [3.05, 3.63) is 72.2 Å². The first-order valence-electron chi connectivity index (χ1n) is 8.89. The zero-order valence-corrected chi connectivity index (χ0v) is 15.2. The summed E-state index contributed by atoms with van der Waals surface area (Å²) in [5, 5.41) is 9.06. The quantitative estimate of drug-likeness (QED) is 0.568. The molecule has 0 spiro atoms. The molecular weight excluding hydrogens is 346 g/mol. The van der Waals surface area contributed by atoms with Crippen LogP contribution in [-0.4, -0.2) is 36.9 Å². The Kier molecular flexibility index (Phi) is 6.20. The van der Waals surface area contributed by atoms with E-state index >= 15 is 0 Å². The molecule has 1 N–H and O–H groups in total. The zero-order chi connectivity index (χ0) is 19.1. The molecule has 1 unspecified atom stereocenters. The molecule has 0 radical (unpaired) electrons. The van der Waals surface area contributed by atoms with Gasteiger partial charge in [-0.3, -0.25) is 0 Å². The maximum atomic E-state index is 11.1. The Morgan fingerprint density at radius 3 is 2.70 bits per heavy atom. The van der Waals surface area contributed by atoms with E-state index < -0.39 is 5.97 Å². The average Bonchev–Trinajstić information content (AvgIpc) is 2.68. The smallest absolute Gasteiger partial charge is 0.374 e. The number of para-hydroxylation sites is 2. The topological polar surface area (TPSA) is 68.2 Å². The largest absolute Gasteiger partial charge is 0.493 e. The zero-order valence-electron chi connectivity index (χ0n) is 15.2. The number of nitrogens with zero attached hydrogens (tertiary/aromatic N) is 1. The number of carboxylic acid groups (broad SMARTS) is 1. The van der Waals surface area contributed by atoms with E-state index in [-0.39, 0.29) is 25.1 Å². The number of carboxylic acids is 1. The standard InChI is InChI=1S/C21H23NO5/c1-2-26-20(21(23)24)15-25-14-17-13-22(12-16-8-4-3-5-9-16)18-10-6-7-11-19(18)27-17/h3-11,15,17H,2,12-14H2,1H3,(H,23,24)/b20-15-. The van der Waals surface area contributed by atoms with Gasteiger partial charge in [-0.15, -0.1) is 0 Å². The van der Waals surface area contributed by atoms with Crippen molar-refractivity contribution in [3.63, 3.8) is 0 Å². The first kappa shape index (κ1) is 18.6. The van der Waals surface area contributed by atoms with Gasteiger partial charge >= 0.3 is 5.97 Å². The SMILES string of the molecule is CCO/C(=C\OCC1CN(Cc2ccccc2)c2ccccc2O1)C(=O)O. The Balaban J connectivity index is 1.69. The molecule has 0 aliphatic carbocycles. The van der Waals surface area contributed by atoms with Crippen LogP contribution in [0.3, 0.4) is 0 Å². The second-order valence-electron chi connectivity index (χ2n) is 6.13. The number of ether oxygens (including phenoxy) is 3. The third-order valence-electron chi connectivity index (χ3n) is 4.12. The fourth-order valence-electron chi connectivity index (χ4n) is 2.95. The lowest BCUT2D eigenvalue weighted by Crippen LogP contribution is -2.42. The van der Waals surface area contributed by atoms with E-state index in [1.54, 1.807) is 6.92 Å². The summed E-state index contributed by atoms with van der Waals surface area (Å²) in [5.41, 5.74) is 2.24. The summed E-state index contributed by atoms with van der Waals surface area (Å²) in [4.78, 5) is 13.3. The van der Waals surface area contributed by atoms with Gasteiger partial charge in [0.2, 0.25) is 5.76 Å². The molecule has 1 heterocycles. The minimum absolute atomic E-state index is 0.213. The van der Waals surface area contributed by atoms with E-state index in [0.29, 0.717) is 6.54 Å². The van der Waals surface area contributed by atoms with E-state index in [9.17, 15) is 4.79 Å². The molecule has 6 heteroatoms. The highest BCUT2D eigenvalue weighted by Gasteiger charge is 2.26. The van der Waals surface area contributed by atoms with Crippen molar-refractivity contribution in [2.24, 2.45) is 0 Å². The fraction of sp³-hybridized carbons (Fsp3) is 0.286. The van der Waals surface area contributed by atoms with Gasteiger partial charge < -0.3 is 24.2 Å². The van der Waals surface area contributed by atoms with Crippen LogP contribution < -0.4 is 9.64 Å². The third-order valence-corrected chi connectivity index (χ3v) is 4.12. The molecule has 0 bridgehead atoms. The van der Waals surface area contributed by atoms with Crippen LogP contribution in [0.1, 0.15) is 12.5 Å². The van der Waals surface area contributed by atoms with Gasteiger partial charge in [-0.1, -0.05) is 42.5 Å². The number of fused-ring (bicyclic) bond motifs is 1. The minimum Gasteiger partial charge on any atom is -0.493 e. The first-order chi connectivity index (χ1) is 13.2. The second kappa shape index (κ2) is 8.98. The summed E-state index contributed by atoms with van der Waals surface area (Å²) in [6.07, 6.45) is 0.911. The molecule has 1 atom stereocenters. The van der Waals surface area contributed by atoms with Crippen molar-refractivity contribution in [3.8, 4) is 5.75 Å². The minimum atomic E-state index is -1.16. The van der Waals surface area contributed by atoms with E-state index in [1.807, 2.05) is 42.5 Å². The predicted molar refractivity (Wildman–Crippen MR) is 102 cm³/mol. The van der Waals surface area contributed by atoms with Gasteiger partial charge in [0.15, 0.2) is 0 Å². The number of hydrogen-bond acceptors (Lipinski definition) is 5. The van der Waals surface area contributed by atoms with Crippen LogP contribution in [0.25, 0.3) is 0 Å². The number of rotatable bonds is 8. The normalized spacial score (nSPS) is 16.3.